The predicted molar refractivity (Wildman–Crippen MR) is 97.3 cm³/mol. The van der Waals surface area contributed by atoms with Crippen molar-refractivity contribution in [2.75, 3.05) is 13.1 Å². The lowest BCUT2D eigenvalue weighted by atomic mass is 9.79. The van der Waals surface area contributed by atoms with Crippen molar-refractivity contribution in [3.8, 4) is 5.75 Å². The minimum atomic E-state index is -4.68. The van der Waals surface area contributed by atoms with Crippen LogP contribution in [0.3, 0.4) is 0 Å². The van der Waals surface area contributed by atoms with Crippen LogP contribution >= 0.6 is 0 Å². The van der Waals surface area contributed by atoms with Gasteiger partial charge in [0.2, 0.25) is 0 Å². The van der Waals surface area contributed by atoms with Crippen LogP contribution in [0.25, 0.3) is 5.57 Å². The topological polar surface area (TPSA) is 52.9 Å². The first kappa shape index (κ1) is 19.5. The summed E-state index contributed by atoms with van der Waals surface area (Å²) >= 11 is 0. The van der Waals surface area contributed by atoms with E-state index in [1.165, 1.54) is 17.7 Å². The second-order valence-corrected chi connectivity index (χ2v) is 6.40. The summed E-state index contributed by atoms with van der Waals surface area (Å²) in [5, 5.41) is 18.3. The Labute approximate surface area is 155 Å². The summed E-state index contributed by atoms with van der Waals surface area (Å²) in [6.45, 7) is 2.21. The first-order chi connectivity index (χ1) is 12.8. The molecule has 1 aliphatic rings. The second-order valence-electron chi connectivity index (χ2n) is 6.40. The number of rotatable bonds is 5. The standard InChI is InChI=1S/C19H19BF3NO3/c21-19(22,23)27-18-7-1-14(2-8-18)13-24-11-9-16(10-12-24)15-3-5-17(6-4-15)20(25)26/h1-9,25-26H,10-13H2. The lowest BCUT2D eigenvalue weighted by molar-refractivity contribution is -0.274. The largest absolute Gasteiger partial charge is 0.573 e. The fourth-order valence-corrected chi connectivity index (χ4v) is 3.04. The van der Waals surface area contributed by atoms with Gasteiger partial charge in [0.05, 0.1) is 0 Å². The van der Waals surface area contributed by atoms with Crippen molar-refractivity contribution < 1.29 is 28.0 Å². The number of nitrogens with zero attached hydrogens (tertiary/aromatic N) is 1. The minimum Gasteiger partial charge on any atom is -0.423 e. The number of hydrogen-bond acceptors (Lipinski definition) is 4. The summed E-state index contributed by atoms with van der Waals surface area (Å²) < 4.78 is 40.5. The van der Waals surface area contributed by atoms with Crippen LogP contribution in [0, 0.1) is 0 Å². The highest BCUT2D eigenvalue weighted by molar-refractivity contribution is 6.58. The Hall–Kier alpha value is -2.29. The van der Waals surface area contributed by atoms with Crippen LogP contribution in [0.4, 0.5) is 13.2 Å². The number of ether oxygens (including phenoxy) is 1. The van der Waals surface area contributed by atoms with Gasteiger partial charge < -0.3 is 14.8 Å². The quantitative estimate of drug-likeness (QED) is 0.787. The van der Waals surface area contributed by atoms with Gasteiger partial charge in [-0.15, -0.1) is 13.2 Å². The summed E-state index contributed by atoms with van der Waals surface area (Å²) in [5.41, 5.74) is 3.62. The lowest BCUT2D eigenvalue weighted by Gasteiger charge is -2.26. The SMILES string of the molecule is OB(O)c1ccc(C2=CCN(Cc3ccc(OC(F)(F)F)cc3)CC2)cc1. The molecule has 0 unspecified atom stereocenters. The number of alkyl halides is 3. The third kappa shape index (κ3) is 5.59. The normalized spacial score (nSPS) is 15.4. The molecule has 0 radical (unpaired) electrons. The summed E-state index contributed by atoms with van der Waals surface area (Å²) in [5.74, 6) is -0.219. The van der Waals surface area contributed by atoms with Crippen molar-refractivity contribution in [2.24, 2.45) is 0 Å². The minimum absolute atomic E-state index is 0.219. The molecule has 1 heterocycles. The zero-order valence-electron chi connectivity index (χ0n) is 14.5. The molecule has 3 rings (SSSR count). The van der Waals surface area contributed by atoms with Crippen molar-refractivity contribution >= 4 is 18.2 Å². The van der Waals surface area contributed by atoms with E-state index in [1.54, 1.807) is 24.3 Å². The van der Waals surface area contributed by atoms with Gasteiger partial charge >= 0.3 is 13.5 Å². The van der Waals surface area contributed by atoms with E-state index in [0.717, 1.165) is 30.6 Å². The zero-order valence-corrected chi connectivity index (χ0v) is 14.5. The molecule has 27 heavy (non-hydrogen) atoms. The predicted octanol–water partition coefficient (Wildman–Crippen LogP) is 2.55. The Morgan fingerprint density at radius 2 is 1.67 bits per heavy atom. The van der Waals surface area contributed by atoms with Crippen LogP contribution in [0.1, 0.15) is 17.5 Å². The maximum Gasteiger partial charge on any atom is 0.573 e. The van der Waals surface area contributed by atoms with E-state index in [0.29, 0.717) is 12.0 Å². The maximum absolute atomic E-state index is 12.2. The van der Waals surface area contributed by atoms with E-state index < -0.39 is 13.5 Å². The van der Waals surface area contributed by atoms with Crippen LogP contribution in [-0.2, 0) is 6.54 Å². The molecule has 0 fully saturated rings. The van der Waals surface area contributed by atoms with Crippen LogP contribution < -0.4 is 10.2 Å². The highest BCUT2D eigenvalue weighted by atomic mass is 19.4. The molecule has 0 bridgehead atoms. The Morgan fingerprint density at radius 1 is 1.00 bits per heavy atom. The maximum atomic E-state index is 12.2. The summed E-state index contributed by atoms with van der Waals surface area (Å²) in [6, 6.07) is 13.1. The molecule has 4 nitrogen and oxygen atoms in total. The smallest absolute Gasteiger partial charge is 0.423 e. The number of benzene rings is 2. The molecule has 0 atom stereocenters. The van der Waals surface area contributed by atoms with E-state index in [-0.39, 0.29) is 5.75 Å². The van der Waals surface area contributed by atoms with Crippen LogP contribution in [0.5, 0.6) is 5.75 Å². The molecule has 2 aromatic carbocycles. The van der Waals surface area contributed by atoms with Gasteiger partial charge in [0, 0.05) is 19.6 Å². The molecule has 0 saturated carbocycles. The molecule has 2 N–H and O–H groups in total. The van der Waals surface area contributed by atoms with E-state index in [1.807, 2.05) is 12.1 Å². The van der Waals surface area contributed by atoms with Gasteiger partial charge in [0.15, 0.2) is 0 Å². The summed E-state index contributed by atoms with van der Waals surface area (Å²) in [7, 11) is -1.47. The average Bonchev–Trinajstić information content (AvgIpc) is 2.63. The third-order valence-corrected chi connectivity index (χ3v) is 4.44. The summed E-state index contributed by atoms with van der Waals surface area (Å²) in [6.07, 6.45) is -1.71. The van der Waals surface area contributed by atoms with E-state index in [4.69, 9.17) is 10.0 Å². The summed E-state index contributed by atoms with van der Waals surface area (Å²) in [4.78, 5) is 2.20. The van der Waals surface area contributed by atoms with Crippen molar-refractivity contribution in [3.63, 3.8) is 0 Å². The monoisotopic (exact) mass is 377 g/mol. The van der Waals surface area contributed by atoms with Gasteiger partial charge in [-0.3, -0.25) is 4.90 Å². The highest BCUT2D eigenvalue weighted by Crippen LogP contribution is 2.25. The van der Waals surface area contributed by atoms with E-state index in [9.17, 15) is 13.2 Å². The first-order valence-electron chi connectivity index (χ1n) is 8.53. The van der Waals surface area contributed by atoms with Crippen molar-refractivity contribution in [3.05, 3.63) is 65.7 Å². The molecule has 0 aliphatic carbocycles. The van der Waals surface area contributed by atoms with Crippen LogP contribution in [0.15, 0.2) is 54.6 Å². The fraction of sp³-hybridized carbons (Fsp3) is 0.263. The van der Waals surface area contributed by atoms with Gasteiger partial charge in [-0.2, -0.15) is 0 Å². The Balaban J connectivity index is 1.57. The van der Waals surface area contributed by atoms with Crippen LogP contribution in [0.2, 0.25) is 0 Å². The van der Waals surface area contributed by atoms with Crippen LogP contribution in [-0.4, -0.2) is 41.5 Å². The molecular formula is C19H19BF3NO3. The number of halogens is 3. The van der Waals surface area contributed by atoms with Gasteiger partial charge in [-0.25, -0.2) is 0 Å². The Bertz CT molecular complexity index is 789. The lowest BCUT2D eigenvalue weighted by Crippen LogP contribution is -2.30. The van der Waals surface area contributed by atoms with Gasteiger partial charge in [-0.1, -0.05) is 42.5 Å². The van der Waals surface area contributed by atoms with Crippen molar-refractivity contribution in [2.45, 2.75) is 19.3 Å². The Kier molecular flexibility index (Phi) is 5.89. The first-order valence-corrected chi connectivity index (χ1v) is 8.53. The molecular weight excluding hydrogens is 358 g/mol. The number of hydrogen-bond donors (Lipinski definition) is 2. The Morgan fingerprint density at radius 3 is 2.19 bits per heavy atom. The van der Waals surface area contributed by atoms with Crippen molar-refractivity contribution in [1.82, 2.24) is 4.90 Å². The third-order valence-electron chi connectivity index (χ3n) is 4.44. The second kappa shape index (κ2) is 8.16. The van der Waals surface area contributed by atoms with Crippen molar-refractivity contribution in [1.29, 1.82) is 0 Å². The molecule has 0 aromatic heterocycles. The van der Waals surface area contributed by atoms with E-state index in [2.05, 4.69) is 15.7 Å². The zero-order chi connectivity index (χ0) is 19.4. The molecule has 0 saturated heterocycles. The molecule has 142 valence electrons. The molecule has 2 aromatic rings. The van der Waals surface area contributed by atoms with Gasteiger partial charge in [-0.05, 0) is 40.7 Å². The van der Waals surface area contributed by atoms with Gasteiger partial charge in [0.25, 0.3) is 0 Å². The molecule has 0 amide bonds. The average molecular weight is 377 g/mol. The highest BCUT2D eigenvalue weighted by Gasteiger charge is 2.31. The van der Waals surface area contributed by atoms with E-state index >= 15 is 0 Å². The molecule has 1 aliphatic heterocycles. The fourth-order valence-electron chi connectivity index (χ4n) is 3.04. The van der Waals surface area contributed by atoms with Gasteiger partial charge in [0.1, 0.15) is 5.75 Å². The molecule has 8 heteroatoms. The molecule has 0 spiro atoms.